The van der Waals surface area contributed by atoms with E-state index in [1.54, 1.807) is 0 Å². The Labute approximate surface area is 74.8 Å². The fourth-order valence-corrected chi connectivity index (χ4v) is 2.33. The zero-order chi connectivity index (χ0) is 11.0. The quantitative estimate of drug-likeness (QED) is 0.614. The second kappa shape index (κ2) is 3.26. The molecule has 1 saturated heterocycles. The first kappa shape index (κ1) is 5.75. The Kier molecular flexibility index (Phi) is 1.71. The third-order valence-corrected chi connectivity index (χ3v) is 3.08. The first-order chi connectivity index (χ1) is 6.20. The lowest BCUT2D eigenvalue weighted by molar-refractivity contribution is 0.0418. The Hall–Kier alpha value is 0.160. The van der Waals surface area contributed by atoms with E-state index in [-0.39, 0.29) is 6.54 Å². The van der Waals surface area contributed by atoms with Crippen molar-refractivity contribution in [1.29, 1.82) is 0 Å². The van der Waals surface area contributed by atoms with E-state index in [1.807, 2.05) is 0 Å². The van der Waals surface area contributed by atoms with Gasteiger partial charge in [-0.25, -0.2) is 0 Å². The first-order valence-corrected chi connectivity index (χ1v) is 5.36. The molecule has 0 N–H and O–H groups in total. The summed E-state index contributed by atoms with van der Waals surface area (Å²) in [5, 5.41) is 0. The maximum absolute atomic E-state index is 11.0. The Morgan fingerprint density at radius 1 is 1.82 bits per heavy atom. The van der Waals surface area contributed by atoms with Gasteiger partial charge in [0.25, 0.3) is 0 Å². The highest BCUT2D eigenvalue weighted by atomic mass is 35.7. The maximum atomic E-state index is 11.0. The van der Waals surface area contributed by atoms with Crippen molar-refractivity contribution < 1.29 is 17.3 Å². The van der Waals surface area contributed by atoms with E-state index in [0.29, 0.717) is 12.8 Å². The third kappa shape index (κ3) is 2.05. The molecular weight excluding hydrogens is 190 g/mol. The van der Waals surface area contributed by atoms with E-state index in [4.69, 9.17) is 14.8 Å². The van der Waals surface area contributed by atoms with Crippen LogP contribution in [0.4, 0.5) is 0 Å². The van der Waals surface area contributed by atoms with Gasteiger partial charge in [-0.05, 0) is 12.8 Å². The standard InChI is InChI=1S/C5H10ClNO3S/c1-10-5-3-2-4-7(5)11(6,8)9/h5H,2-4H2,1H3/i1D3. The minimum absolute atomic E-state index is 0.201. The van der Waals surface area contributed by atoms with E-state index in [2.05, 4.69) is 4.74 Å². The number of ether oxygens (including phenoxy) is 1. The SMILES string of the molecule is [2H]C([2H])([2H])OC1CCCN1S(=O)(=O)Cl. The Bertz CT molecular complexity index is 304. The van der Waals surface area contributed by atoms with Crippen LogP contribution >= 0.6 is 10.7 Å². The van der Waals surface area contributed by atoms with E-state index < -0.39 is 22.5 Å². The lowest BCUT2D eigenvalue weighted by atomic mass is 10.4. The minimum Gasteiger partial charge on any atom is -0.365 e. The number of rotatable bonds is 2. The number of hydrogen-bond acceptors (Lipinski definition) is 3. The van der Waals surface area contributed by atoms with E-state index in [9.17, 15) is 8.42 Å². The van der Waals surface area contributed by atoms with E-state index >= 15 is 0 Å². The topological polar surface area (TPSA) is 46.6 Å². The Morgan fingerprint density at radius 2 is 2.55 bits per heavy atom. The fraction of sp³-hybridized carbons (Fsp3) is 1.00. The summed E-state index contributed by atoms with van der Waals surface area (Å²) in [6.45, 7) is 0.201. The molecule has 1 aliphatic rings. The third-order valence-electron chi connectivity index (χ3n) is 1.57. The highest BCUT2D eigenvalue weighted by Crippen LogP contribution is 2.22. The van der Waals surface area contributed by atoms with Gasteiger partial charge in [-0.2, -0.15) is 12.7 Å². The van der Waals surface area contributed by atoms with Crippen molar-refractivity contribution in [3.05, 3.63) is 0 Å². The summed E-state index contributed by atoms with van der Waals surface area (Å²) in [5.74, 6) is 0. The van der Waals surface area contributed by atoms with Crippen LogP contribution in [0.25, 0.3) is 0 Å². The highest BCUT2D eigenvalue weighted by molar-refractivity contribution is 8.11. The molecule has 1 atom stereocenters. The van der Waals surface area contributed by atoms with Crippen LogP contribution in [0.2, 0.25) is 0 Å². The molecule has 0 spiro atoms. The molecule has 0 aliphatic carbocycles. The zero-order valence-electron chi connectivity index (χ0n) is 8.66. The summed E-state index contributed by atoms with van der Waals surface area (Å²) in [4.78, 5) is 0. The predicted octanol–water partition coefficient (Wildman–Crippen LogP) is 0.538. The minimum atomic E-state index is -3.89. The average Bonchev–Trinajstić information content (AvgIpc) is 2.29. The summed E-state index contributed by atoms with van der Waals surface area (Å²) in [6, 6.07) is 0. The van der Waals surface area contributed by atoms with Crippen LogP contribution in [-0.4, -0.2) is 32.5 Å². The monoisotopic (exact) mass is 202 g/mol. The van der Waals surface area contributed by atoms with Crippen molar-refractivity contribution in [2.45, 2.75) is 19.1 Å². The van der Waals surface area contributed by atoms with Gasteiger partial charge in [0.05, 0.1) is 4.11 Å². The van der Waals surface area contributed by atoms with Crippen LogP contribution in [0.15, 0.2) is 0 Å². The molecule has 66 valence electrons. The molecule has 1 aliphatic heterocycles. The molecule has 0 radical (unpaired) electrons. The summed E-state index contributed by atoms with van der Waals surface area (Å²) in [6.07, 6.45) is -0.0678. The van der Waals surface area contributed by atoms with Gasteiger partial charge in [0, 0.05) is 24.3 Å². The molecule has 1 rings (SSSR count). The molecule has 4 nitrogen and oxygen atoms in total. The van der Waals surface area contributed by atoms with Crippen molar-refractivity contribution in [1.82, 2.24) is 4.31 Å². The summed E-state index contributed by atoms with van der Waals surface area (Å²) in [5.41, 5.74) is 0. The van der Waals surface area contributed by atoms with Gasteiger partial charge in [-0.3, -0.25) is 0 Å². The van der Waals surface area contributed by atoms with Gasteiger partial charge in [-0.1, -0.05) is 0 Å². The molecule has 0 bridgehead atoms. The molecule has 6 heteroatoms. The second-order valence-corrected chi connectivity index (χ2v) is 4.73. The zero-order valence-corrected chi connectivity index (χ0v) is 7.23. The van der Waals surface area contributed by atoms with Crippen molar-refractivity contribution in [3.8, 4) is 0 Å². The molecular formula is C5H10ClNO3S. The van der Waals surface area contributed by atoms with Crippen LogP contribution in [0, 0.1) is 0 Å². The molecule has 1 fully saturated rings. The molecule has 0 aromatic heterocycles. The largest absolute Gasteiger partial charge is 0.365 e. The predicted molar refractivity (Wildman–Crippen MR) is 41.5 cm³/mol. The summed E-state index contributed by atoms with van der Waals surface area (Å²) >= 11 is 0. The van der Waals surface area contributed by atoms with E-state index in [1.165, 1.54) is 0 Å². The van der Waals surface area contributed by atoms with Crippen molar-refractivity contribution in [3.63, 3.8) is 0 Å². The molecule has 0 saturated carbocycles. The lowest BCUT2D eigenvalue weighted by Crippen LogP contribution is -2.33. The van der Waals surface area contributed by atoms with Gasteiger partial charge >= 0.3 is 9.24 Å². The van der Waals surface area contributed by atoms with Crippen molar-refractivity contribution >= 4 is 19.9 Å². The first-order valence-electron chi connectivity index (χ1n) is 4.59. The van der Waals surface area contributed by atoms with Crippen LogP contribution in [0.3, 0.4) is 0 Å². The van der Waals surface area contributed by atoms with Gasteiger partial charge < -0.3 is 4.74 Å². The molecule has 1 unspecified atom stereocenters. The summed E-state index contributed by atoms with van der Waals surface area (Å²) < 4.78 is 47.9. The second-order valence-electron chi connectivity index (χ2n) is 2.27. The van der Waals surface area contributed by atoms with Crippen molar-refractivity contribution in [2.24, 2.45) is 0 Å². The Balaban J connectivity index is 2.71. The highest BCUT2D eigenvalue weighted by Gasteiger charge is 2.32. The lowest BCUT2D eigenvalue weighted by Gasteiger charge is -2.18. The maximum Gasteiger partial charge on any atom is 0.301 e. The number of methoxy groups -OCH3 is 1. The number of halogens is 1. The Morgan fingerprint density at radius 3 is 3.09 bits per heavy atom. The van der Waals surface area contributed by atoms with Crippen molar-refractivity contribution in [2.75, 3.05) is 13.6 Å². The number of hydrogen-bond donors (Lipinski definition) is 0. The molecule has 0 aromatic carbocycles. The smallest absolute Gasteiger partial charge is 0.301 e. The van der Waals surface area contributed by atoms with Gasteiger partial charge in [0.15, 0.2) is 0 Å². The van der Waals surface area contributed by atoms with E-state index in [0.717, 1.165) is 4.31 Å². The number of nitrogens with zero attached hydrogens (tertiary/aromatic N) is 1. The molecule has 0 aromatic rings. The fourth-order valence-electron chi connectivity index (χ4n) is 1.08. The molecule has 1 heterocycles. The van der Waals surface area contributed by atoms with Crippen LogP contribution in [0.5, 0.6) is 0 Å². The van der Waals surface area contributed by atoms with Gasteiger partial charge in [0.1, 0.15) is 6.23 Å². The average molecular weight is 203 g/mol. The molecule has 11 heavy (non-hydrogen) atoms. The van der Waals surface area contributed by atoms with Crippen LogP contribution in [0.1, 0.15) is 17.0 Å². The van der Waals surface area contributed by atoms with Crippen LogP contribution in [-0.2, 0) is 14.0 Å². The van der Waals surface area contributed by atoms with Gasteiger partial charge in [-0.15, -0.1) is 0 Å². The normalized spacial score (nSPS) is 32.8. The van der Waals surface area contributed by atoms with Gasteiger partial charge in [0.2, 0.25) is 0 Å². The molecule has 0 amide bonds. The van der Waals surface area contributed by atoms with Crippen LogP contribution < -0.4 is 0 Å². The summed E-state index contributed by atoms with van der Waals surface area (Å²) in [7, 11) is -1.40.